The van der Waals surface area contributed by atoms with Crippen LogP contribution < -0.4 is 16.0 Å². The van der Waals surface area contributed by atoms with E-state index in [4.69, 9.17) is 5.73 Å². The Balaban J connectivity index is 1.93. The van der Waals surface area contributed by atoms with E-state index in [0.717, 1.165) is 11.4 Å². The number of carbonyl (C=O) groups is 1. The normalized spacial score (nSPS) is 10.1. The Morgan fingerprint density at radius 3 is 2.30 bits per heavy atom. The van der Waals surface area contributed by atoms with E-state index in [1.165, 1.54) is 5.56 Å². The van der Waals surface area contributed by atoms with E-state index in [0.29, 0.717) is 5.69 Å². The van der Waals surface area contributed by atoms with Crippen molar-refractivity contribution >= 4 is 23.0 Å². The Kier molecular flexibility index (Phi) is 4.25. The Morgan fingerprint density at radius 1 is 1.10 bits per heavy atom. The average Bonchev–Trinajstić information content (AvgIpc) is 2.42. The Bertz CT molecular complexity index is 576. The summed E-state index contributed by atoms with van der Waals surface area (Å²) in [5.41, 5.74) is 9.30. The molecular weight excluding hydrogens is 250 g/mol. The van der Waals surface area contributed by atoms with Crippen molar-refractivity contribution in [2.75, 3.05) is 29.5 Å². The van der Waals surface area contributed by atoms with E-state index in [1.807, 2.05) is 67.4 Å². The van der Waals surface area contributed by atoms with Gasteiger partial charge in [0.25, 0.3) is 0 Å². The number of nitrogens with two attached hydrogens (primary N) is 1. The van der Waals surface area contributed by atoms with Gasteiger partial charge in [-0.3, -0.25) is 4.79 Å². The van der Waals surface area contributed by atoms with Gasteiger partial charge in [0.05, 0.1) is 6.54 Å². The number of aryl methyl sites for hydroxylation is 1. The predicted octanol–water partition coefficient (Wildman–Crippen LogP) is 2.65. The van der Waals surface area contributed by atoms with Crippen LogP contribution in [0.4, 0.5) is 17.1 Å². The van der Waals surface area contributed by atoms with Crippen LogP contribution in [-0.2, 0) is 4.79 Å². The van der Waals surface area contributed by atoms with E-state index in [-0.39, 0.29) is 12.5 Å². The van der Waals surface area contributed by atoms with E-state index < -0.39 is 0 Å². The van der Waals surface area contributed by atoms with Gasteiger partial charge in [-0.15, -0.1) is 0 Å². The molecule has 0 aliphatic rings. The van der Waals surface area contributed by atoms with Gasteiger partial charge in [0, 0.05) is 24.1 Å². The van der Waals surface area contributed by atoms with Crippen LogP contribution >= 0.6 is 0 Å². The third kappa shape index (κ3) is 3.75. The van der Waals surface area contributed by atoms with Gasteiger partial charge in [-0.05, 0) is 43.3 Å². The van der Waals surface area contributed by atoms with E-state index in [1.54, 1.807) is 0 Å². The van der Waals surface area contributed by atoms with Crippen LogP contribution in [0.1, 0.15) is 5.56 Å². The molecule has 3 N–H and O–H groups in total. The standard InChI is InChI=1S/C16H19N3O/c1-12-3-7-14(8-4-12)18-16(20)11-19(2)15-9-5-13(17)6-10-15/h3-10H,11,17H2,1-2H3,(H,18,20). The minimum Gasteiger partial charge on any atom is -0.399 e. The molecule has 2 aromatic rings. The number of nitrogens with zero attached hydrogens (tertiary/aromatic N) is 1. The van der Waals surface area contributed by atoms with Crippen molar-refractivity contribution in [3.63, 3.8) is 0 Å². The lowest BCUT2D eigenvalue weighted by molar-refractivity contribution is -0.114. The average molecular weight is 269 g/mol. The molecular formula is C16H19N3O. The zero-order valence-electron chi connectivity index (χ0n) is 11.8. The lowest BCUT2D eigenvalue weighted by Crippen LogP contribution is -2.30. The summed E-state index contributed by atoms with van der Waals surface area (Å²) in [5, 5.41) is 2.88. The smallest absolute Gasteiger partial charge is 0.243 e. The molecule has 0 saturated heterocycles. The van der Waals surface area contributed by atoms with Gasteiger partial charge in [0.2, 0.25) is 5.91 Å². The Labute approximate surface area is 119 Å². The van der Waals surface area contributed by atoms with Crippen LogP contribution in [0.5, 0.6) is 0 Å². The second-order valence-electron chi connectivity index (χ2n) is 4.86. The van der Waals surface area contributed by atoms with E-state index in [2.05, 4.69) is 5.32 Å². The van der Waals surface area contributed by atoms with Crippen molar-refractivity contribution in [2.45, 2.75) is 6.92 Å². The quantitative estimate of drug-likeness (QED) is 0.839. The van der Waals surface area contributed by atoms with Crippen LogP contribution in [0.15, 0.2) is 48.5 Å². The molecule has 0 radical (unpaired) electrons. The minimum atomic E-state index is -0.0480. The van der Waals surface area contributed by atoms with Crippen LogP contribution in [0, 0.1) is 6.92 Å². The summed E-state index contributed by atoms with van der Waals surface area (Å²) >= 11 is 0. The largest absolute Gasteiger partial charge is 0.399 e. The van der Waals surface area contributed by atoms with Crippen LogP contribution in [-0.4, -0.2) is 19.5 Å². The number of carbonyl (C=O) groups excluding carboxylic acids is 1. The van der Waals surface area contributed by atoms with Gasteiger partial charge >= 0.3 is 0 Å². The molecule has 0 fully saturated rings. The molecule has 4 heteroatoms. The van der Waals surface area contributed by atoms with Crippen molar-refractivity contribution in [2.24, 2.45) is 0 Å². The third-order valence-electron chi connectivity index (χ3n) is 3.05. The molecule has 104 valence electrons. The molecule has 20 heavy (non-hydrogen) atoms. The van der Waals surface area contributed by atoms with Gasteiger partial charge in [0.1, 0.15) is 0 Å². The highest BCUT2D eigenvalue weighted by atomic mass is 16.2. The fourth-order valence-electron chi connectivity index (χ4n) is 1.87. The Morgan fingerprint density at radius 2 is 1.70 bits per heavy atom. The molecule has 0 atom stereocenters. The molecule has 0 saturated carbocycles. The van der Waals surface area contributed by atoms with Crippen LogP contribution in [0.25, 0.3) is 0 Å². The molecule has 1 amide bonds. The zero-order chi connectivity index (χ0) is 14.5. The maximum atomic E-state index is 12.0. The predicted molar refractivity (Wildman–Crippen MR) is 83.9 cm³/mol. The molecule has 0 aliphatic carbocycles. The molecule has 0 unspecified atom stereocenters. The fraction of sp³-hybridized carbons (Fsp3) is 0.188. The molecule has 4 nitrogen and oxygen atoms in total. The molecule has 0 heterocycles. The number of hydrogen-bond acceptors (Lipinski definition) is 3. The van der Waals surface area contributed by atoms with Gasteiger partial charge in [-0.2, -0.15) is 0 Å². The molecule has 0 aromatic heterocycles. The number of anilines is 3. The third-order valence-corrected chi connectivity index (χ3v) is 3.05. The van der Waals surface area contributed by atoms with Crippen LogP contribution in [0.2, 0.25) is 0 Å². The summed E-state index contributed by atoms with van der Waals surface area (Å²) in [7, 11) is 1.88. The monoisotopic (exact) mass is 269 g/mol. The lowest BCUT2D eigenvalue weighted by Gasteiger charge is -2.19. The molecule has 2 aromatic carbocycles. The van der Waals surface area contributed by atoms with Crippen molar-refractivity contribution in [3.8, 4) is 0 Å². The minimum absolute atomic E-state index is 0.0480. The number of nitrogens with one attached hydrogen (secondary N) is 1. The number of hydrogen-bond donors (Lipinski definition) is 2. The first kappa shape index (κ1) is 13.9. The van der Waals surface area contributed by atoms with E-state index in [9.17, 15) is 4.79 Å². The van der Waals surface area contributed by atoms with Gasteiger partial charge in [-0.25, -0.2) is 0 Å². The number of benzene rings is 2. The van der Waals surface area contributed by atoms with Gasteiger partial charge in [0.15, 0.2) is 0 Å². The summed E-state index contributed by atoms with van der Waals surface area (Å²) in [5.74, 6) is -0.0480. The summed E-state index contributed by atoms with van der Waals surface area (Å²) in [6.45, 7) is 2.30. The summed E-state index contributed by atoms with van der Waals surface area (Å²) in [6.07, 6.45) is 0. The van der Waals surface area contributed by atoms with Gasteiger partial charge < -0.3 is 16.0 Å². The number of amides is 1. The maximum Gasteiger partial charge on any atom is 0.243 e. The second-order valence-corrected chi connectivity index (χ2v) is 4.86. The molecule has 0 spiro atoms. The maximum absolute atomic E-state index is 12.0. The Hall–Kier alpha value is -2.49. The van der Waals surface area contributed by atoms with Gasteiger partial charge in [-0.1, -0.05) is 17.7 Å². The second kappa shape index (κ2) is 6.10. The number of rotatable bonds is 4. The fourth-order valence-corrected chi connectivity index (χ4v) is 1.87. The van der Waals surface area contributed by atoms with Crippen molar-refractivity contribution in [1.82, 2.24) is 0 Å². The van der Waals surface area contributed by atoms with E-state index >= 15 is 0 Å². The molecule has 2 rings (SSSR count). The molecule has 0 aliphatic heterocycles. The highest BCUT2D eigenvalue weighted by Crippen LogP contribution is 2.15. The first-order chi connectivity index (χ1) is 9.54. The first-order valence-electron chi connectivity index (χ1n) is 6.48. The topological polar surface area (TPSA) is 58.4 Å². The zero-order valence-corrected chi connectivity index (χ0v) is 11.8. The summed E-state index contributed by atoms with van der Waals surface area (Å²) < 4.78 is 0. The number of nitrogen functional groups attached to an aromatic ring is 1. The highest BCUT2D eigenvalue weighted by molar-refractivity contribution is 5.94. The van der Waals surface area contributed by atoms with Crippen molar-refractivity contribution in [3.05, 3.63) is 54.1 Å². The SMILES string of the molecule is Cc1ccc(NC(=O)CN(C)c2ccc(N)cc2)cc1. The number of likely N-dealkylation sites (N-methyl/N-ethyl adjacent to an activating group) is 1. The molecule has 0 bridgehead atoms. The highest BCUT2D eigenvalue weighted by Gasteiger charge is 2.07. The van der Waals surface area contributed by atoms with Crippen molar-refractivity contribution in [1.29, 1.82) is 0 Å². The first-order valence-corrected chi connectivity index (χ1v) is 6.48. The van der Waals surface area contributed by atoms with Crippen molar-refractivity contribution < 1.29 is 4.79 Å². The summed E-state index contributed by atoms with van der Waals surface area (Å²) in [6, 6.07) is 15.2. The van der Waals surface area contributed by atoms with Crippen LogP contribution in [0.3, 0.4) is 0 Å². The summed E-state index contributed by atoms with van der Waals surface area (Å²) in [4.78, 5) is 13.8. The lowest BCUT2D eigenvalue weighted by atomic mass is 10.2.